The highest BCUT2D eigenvalue weighted by atomic mass is 79.9. The van der Waals surface area contributed by atoms with Gasteiger partial charge >= 0.3 is 0 Å². The van der Waals surface area contributed by atoms with Crippen LogP contribution in [-0.4, -0.2) is 23.5 Å². The summed E-state index contributed by atoms with van der Waals surface area (Å²) >= 11 is 8.71. The van der Waals surface area contributed by atoms with Gasteiger partial charge in [-0.15, -0.1) is 0 Å². The second-order valence-electron chi connectivity index (χ2n) is 4.94. The van der Waals surface area contributed by atoms with E-state index in [2.05, 4.69) is 43.4 Å². The molecule has 1 aliphatic carbocycles. The molecule has 1 fully saturated rings. The maximum absolute atomic E-state index is 12.2. The van der Waals surface area contributed by atoms with E-state index in [0.29, 0.717) is 5.56 Å². The number of carbonyl (C=O) groups excluding carboxylic acids is 1. The van der Waals surface area contributed by atoms with Gasteiger partial charge in [0.15, 0.2) is 0 Å². The van der Waals surface area contributed by atoms with Crippen LogP contribution in [0.4, 0.5) is 0 Å². The van der Waals surface area contributed by atoms with E-state index in [4.69, 9.17) is 0 Å². The fraction of sp³-hybridized carbons (Fsp3) is 0.500. The minimum Gasteiger partial charge on any atom is -0.351 e. The first kappa shape index (κ1) is 15.4. The zero-order valence-electron chi connectivity index (χ0n) is 10.8. The van der Waals surface area contributed by atoms with Gasteiger partial charge in [0.2, 0.25) is 0 Å². The second kappa shape index (κ2) is 6.64. The third kappa shape index (κ3) is 3.99. The highest BCUT2D eigenvalue weighted by molar-refractivity contribution is 9.11. The number of hydrogen-bond acceptors (Lipinski definition) is 2. The lowest BCUT2D eigenvalue weighted by Crippen LogP contribution is -2.38. The van der Waals surface area contributed by atoms with E-state index < -0.39 is 0 Å². The predicted octanol–water partition coefficient (Wildman–Crippen LogP) is 4.62. The zero-order chi connectivity index (χ0) is 13.9. The molecule has 0 bridgehead atoms. The van der Waals surface area contributed by atoms with Crippen LogP contribution >= 0.6 is 43.6 Å². The molecule has 1 aliphatic rings. The van der Waals surface area contributed by atoms with Crippen molar-refractivity contribution in [3.8, 4) is 0 Å². The number of benzene rings is 1. The molecular formula is C14H17Br2NOS. The van der Waals surface area contributed by atoms with Gasteiger partial charge in [-0.1, -0.05) is 44.7 Å². The quantitative estimate of drug-likeness (QED) is 0.790. The molecule has 104 valence electrons. The lowest BCUT2D eigenvalue weighted by atomic mass is 10.1. The van der Waals surface area contributed by atoms with Crippen LogP contribution in [0.25, 0.3) is 0 Å². The molecule has 1 aromatic rings. The molecule has 0 atom stereocenters. The molecule has 0 aliphatic heterocycles. The Kier molecular flexibility index (Phi) is 5.37. The highest BCUT2D eigenvalue weighted by Crippen LogP contribution is 2.39. The van der Waals surface area contributed by atoms with Gasteiger partial charge < -0.3 is 5.32 Å². The Morgan fingerprint density at radius 2 is 1.84 bits per heavy atom. The summed E-state index contributed by atoms with van der Waals surface area (Å²) in [6, 6.07) is 5.62. The van der Waals surface area contributed by atoms with Crippen molar-refractivity contribution in [2.24, 2.45) is 0 Å². The van der Waals surface area contributed by atoms with Crippen LogP contribution in [0.2, 0.25) is 0 Å². The Hall–Kier alpha value is -0.000000000000000111. The fourth-order valence-electron chi connectivity index (χ4n) is 2.50. The van der Waals surface area contributed by atoms with E-state index in [9.17, 15) is 4.79 Å². The minimum atomic E-state index is 0.00215. The summed E-state index contributed by atoms with van der Waals surface area (Å²) in [6.07, 6.45) is 7.11. The molecule has 1 saturated carbocycles. The van der Waals surface area contributed by atoms with Crippen molar-refractivity contribution < 1.29 is 4.79 Å². The Morgan fingerprint density at radius 3 is 2.37 bits per heavy atom. The molecule has 0 radical (unpaired) electrons. The fourth-order valence-corrected chi connectivity index (χ4v) is 4.71. The predicted molar refractivity (Wildman–Crippen MR) is 88.9 cm³/mol. The van der Waals surface area contributed by atoms with Crippen molar-refractivity contribution in [3.63, 3.8) is 0 Å². The van der Waals surface area contributed by atoms with Gasteiger partial charge in [0.25, 0.3) is 5.91 Å². The first-order chi connectivity index (χ1) is 9.04. The number of nitrogens with one attached hydrogen (secondary N) is 1. The summed E-state index contributed by atoms with van der Waals surface area (Å²) in [6.45, 7) is 0.761. The van der Waals surface area contributed by atoms with Crippen LogP contribution in [0.5, 0.6) is 0 Å². The molecule has 2 rings (SSSR count). The topological polar surface area (TPSA) is 29.1 Å². The Morgan fingerprint density at radius 1 is 1.26 bits per heavy atom. The summed E-state index contributed by atoms with van der Waals surface area (Å²) in [4.78, 5) is 12.2. The van der Waals surface area contributed by atoms with Gasteiger partial charge in [-0.25, -0.2) is 0 Å². The van der Waals surface area contributed by atoms with Crippen molar-refractivity contribution in [2.75, 3.05) is 12.8 Å². The van der Waals surface area contributed by atoms with Gasteiger partial charge in [-0.05, 0) is 37.3 Å². The van der Waals surface area contributed by atoms with E-state index in [0.717, 1.165) is 15.5 Å². The molecule has 0 spiro atoms. The summed E-state index contributed by atoms with van der Waals surface area (Å²) in [7, 11) is 0. The lowest BCUT2D eigenvalue weighted by Gasteiger charge is -2.26. The van der Waals surface area contributed by atoms with E-state index in [1.54, 1.807) is 0 Å². The number of carbonyl (C=O) groups is 1. The monoisotopic (exact) mass is 405 g/mol. The lowest BCUT2D eigenvalue weighted by molar-refractivity contribution is 0.0949. The number of amides is 1. The molecule has 2 nitrogen and oxygen atoms in total. The molecule has 0 saturated heterocycles. The Labute approximate surface area is 135 Å². The minimum absolute atomic E-state index is 0.00215. The van der Waals surface area contributed by atoms with Crippen LogP contribution in [0, 0.1) is 0 Å². The summed E-state index contributed by atoms with van der Waals surface area (Å²) < 4.78 is 2.07. The largest absolute Gasteiger partial charge is 0.351 e. The molecule has 0 aromatic heterocycles. The smallest absolute Gasteiger partial charge is 0.251 e. The molecule has 5 heteroatoms. The SMILES string of the molecule is CSC1(CNC(=O)c2cc(Br)cc(Br)c2)CCCC1. The molecule has 1 aromatic carbocycles. The molecular weight excluding hydrogens is 390 g/mol. The van der Waals surface area contributed by atoms with Crippen LogP contribution < -0.4 is 5.32 Å². The summed E-state index contributed by atoms with van der Waals surface area (Å²) in [5, 5.41) is 3.09. The maximum atomic E-state index is 12.2. The van der Waals surface area contributed by atoms with E-state index in [1.165, 1.54) is 25.7 Å². The van der Waals surface area contributed by atoms with E-state index >= 15 is 0 Å². The Bertz CT molecular complexity index is 452. The van der Waals surface area contributed by atoms with Crippen LogP contribution in [-0.2, 0) is 0 Å². The number of rotatable bonds is 4. The zero-order valence-corrected chi connectivity index (χ0v) is 14.8. The highest BCUT2D eigenvalue weighted by Gasteiger charge is 2.33. The second-order valence-corrected chi connectivity index (χ2v) is 8.04. The Balaban J connectivity index is 2.01. The standard InChI is InChI=1S/C14H17Br2NOS/c1-19-14(4-2-3-5-14)9-17-13(18)10-6-11(15)8-12(16)7-10/h6-8H,2-5,9H2,1H3,(H,17,18). The van der Waals surface area contributed by atoms with E-state index in [-0.39, 0.29) is 10.7 Å². The van der Waals surface area contributed by atoms with Gasteiger partial charge in [0, 0.05) is 25.8 Å². The van der Waals surface area contributed by atoms with Crippen molar-refractivity contribution in [1.82, 2.24) is 5.32 Å². The average molecular weight is 407 g/mol. The number of hydrogen-bond donors (Lipinski definition) is 1. The molecule has 1 N–H and O–H groups in total. The van der Waals surface area contributed by atoms with E-state index in [1.807, 2.05) is 30.0 Å². The third-order valence-corrected chi connectivity index (χ3v) is 5.98. The van der Waals surface area contributed by atoms with Crippen molar-refractivity contribution >= 4 is 49.5 Å². The van der Waals surface area contributed by atoms with Gasteiger partial charge in [0.05, 0.1) is 0 Å². The summed E-state index contributed by atoms with van der Waals surface area (Å²) in [5.41, 5.74) is 0.690. The maximum Gasteiger partial charge on any atom is 0.251 e. The van der Waals surface area contributed by atoms with Gasteiger partial charge in [-0.3, -0.25) is 4.79 Å². The third-order valence-electron chi connectivity index (χ3n) is 3.64. The molecule has 1 amide bonds. The molecule has 0 unspecified atom stereocenters. The van der Waals surface area contributed by atoms with Crippen LogP contribution in [0.1, 0.15) is 36.0 Å². The van der Waals surface area contributed by atoms with Crippen LogP contribution in [0.15, 0.2) is 27.1 Å². The first-order valence-electron chi connectivity index (χ1n) is 6.34. The summed E-state index contributed by atoms with van der Waals surface area (Å²) in [5.74, 6) is 0.00215. The van der Waals surface area contributed by atoms with Gasteiger partial charge in [0.1, 0.15) is 0 Å². The molecule has 0 heterocycles. The van der Waals surface area contributed by atoms with Crippen molar-refractivity contribution in [2.45, 2.75) is 30.4 Å². The molecule has 19 heavy (non-hydrogen) atoms. The van der Waals surface area contributed by atoms with Crippen LogP contribution in [0.3, 0.4) is 0 Å². The van der Waals surface area contributed by atoms with Gasteiger partial charge in [-0.2, -0.15) is 11.8 Å². The van der Waals surface area contributed by atoms with Crippen molar-refractivity contribution in [1.29, 1.82) is 0 Å². The van der Waals surface area contributed by atoms with Crippen molar-refractivity contribution in [3.05, 3.63) is 32.7 Å². The number of thioether (sulfide) groups is 1. The average Bonchev–Trinajstić information content (AvgIpc) is 2.84. The normalized spacial score (nSPS) is 17.4. The first-order valence-corrected chi connectivity index (χ1v) is 9.15. The number of halogens is 2.